The normalized spacial score (nSPS) is 12.7. The number of benzene rings is 2. The molecule has 162 valence electrons. The lowest BCUT2D eigenvalue weighted by Crippen LogP contribution is -2.27. The summed E-state index contributed by atoms with van der Waals surface area (Å²) >= 11 is 0. The molecule has 2 rings (SSSR count). The van der Waals surface area contributed by atoms with Crippen molar-refractivity contribution >= 4 is 11.9 Å². The molecule has 0 heterocycles. The van der Waals surface area contributed by atoms with E-state index in [1.54, 1.807) is 30.3 Å². The molecule has 0 radical (unpaired) electrons. The van der Waals surface area contributed by atoms with Crippen molar-refractivity contribution in [2.24, 2.45) is 0 Å². The average molecular weight is 416 g/mol. The fourth-order valence-corrected chi connectivity index (χ4v) is 3.25. The topological polar surface area (TPSA) is 113 Å². The van der Waals surface area contributed by atoms with Gasteiger partial charge in [0.2, 0.25) is 0 Å². The van der Waals surface area contributed by atoms with E-state index in [4.69, 9.17) is 9.47 Å². The minimum absolute atomic E-state index is 0.186. The number of aryl methyl sites for hydroxylation is 2. The molecule has 0 aromatic heterocycles. The summed E-state index contributed by atoms with van der Waals surface area (Å²) in [5, 5.41) is 28.5. The first-order chi connectivity index (χ1) is 14.2. The van der Waals surface area contributed by atoms with E-state index in [9.17, 15) is 24.9 Å². The van der Waals surface area contributed by atoms with E-state index in [0.29, 0.717) is 32.1 Å². The van der Waals surface area contributed by atoms with Gasteiger partial charge in [-0.1, -0.05) is 18.2 Å². The van der Waals surface area contributed by atoms with Crippen molar-refractivity contribution in [2.45, 2.75) is 58.2 Å². The molecule has 0 aliphatic carbocycles. The lowest BCUT2D eigenvalue weighted by molar-refractivity contribution is -0.153. The summed E-state index contributed by atoms with van der Waals surface area (Å²) in [6.07, 6.45) is 1.61. The van der Waals surface area contributed by atoms with Crippen molar-refractivity contribution < 1.29 is 34.4 Å². The molecule has 0 spiro atoms. The Hall–Kier alpha value is -3.22. The number of phenols is 3. The number of carbonyl (C=O) groups is 2. The first-order valence-corrected chi connectivity index (χ1v) is 9.86. The number of carbonyl (C=O) groups excluding carboxylic acids is 2. The predicted molar refractivity (Wildman–Crippen MR) is 110 cm³/mol. The SMILES string of the molecule is CC(=O)O[C@H](CCc1ccc(O)cc1)C[C@@H](CCc1ccc(O)c(O)c1)OC(C)=O. The van der Waals surface area contributed by atoms with Crippen molar-refractivity contribution in [3.8, 4) is 17.2 Å². The number of hydrogen-bond donors (Lipinski definition) is 3. The summed E-state index contributed by atoms with van der Waals surface area (Å²) in [4.78, 5) is 23.1. The maximum absolute atomic E-state index is 11.6. The second kappa shape index (κ2) is 11.1. The molecule has 0 bridgehead atoms. The van der Waals surface area contributed by atoms with Crippen LogP contribution in [0.25, 0.3) is 0 Å². The Morgan fingerprint density at radius 1 is 0.767 bits per heavy atom. The third kappa shape index (κ3) is 8.03. The van der Waals surface area contributed by atoms with Crippen molar-refractivity contribution in [3.05, 3.63) is 53.6 Å². The highest BCUT2D eigenvalue weighted by atomic mass is 16.6. The lowest BCUT2D eigenvalue weighted by Gasteiger charge is -2.23. The van der Waals surface area contributed by atoms with E-state index in [1.165, 1.54) is 26.0 Å². The number of aromatic hydroxyl groups is 3. The predicted octanol–water partition coefficient (Wildman–Crippen LogP) is 3.62. The van der Waals surface area contributed by atoms with Crippen LogP contribution in [0, 0.1) is 0 Å². The summed E-state index contributed by atoms with van der Waals surface area (Å²) in [6.45, 7) is 2.67. The van der Waals surface area contributed by atoms with Crippen LogP contribution in [0.15, 0.2) is 42.5 Å². The van der Waals surface area contributed by atoms with Crippen LogP contribution in [0.5, 0.6) is 17.2 Å². The molecule has 2 aromatic carbocycles. The fourth-order valence-electron chi connectivity index (χ4n) is 3.25. The van der Waals surface area contributed by atoms with Gasteiger partial charge in [-0.15, -0.1) is 0 Å². The molecule has 2 aromatic rings. The molecular formula is C23H28O7. The molecule has 3 N–H and O–H groups in total. The molecule has 0 aliphatic rings. The second-order valence-electron chi connectivity index (χ2n) is 7.27. The van der Waals surface area contributed by atoms with Gasteiger partial charge in [0.25, 0.3) is 0 Å². The third-order valence-electron chi connectivity index (χ3n) is 4.68. The maximum Gasteiger partial charge on any atom is 0.302 e. The quantitative estimate of drug-likeness (QED) is 0.400. The zero-order chi connectivity index (χ0) is 22.1. The standard InChI is InChI=1S/C23H28O7/c1-15(24)29-20(10-5-17-3-8-19(26)9-4-17)14-21(30-16(2)25)11-6-18-7-12-22(27)23(28)13-18/h3-4,7-9,12-13,20-21,26-28H,5-6,10-11,14H2,1-2H3/t20-,21-/m1/s1. The van der Waals surface area contributed by atoms with Crippen LogP contribution in [-0.4, -0.2) is 39.5 Å². The number of ether oxygens (including phenoxy) is 2. The van der Waals surface area contributed by atoms with Gasteiger partial charge >= 0.3 is 11.9 Å². The molecule has 0 aliphatic heterocycles. The molecule has 30 heavy (non-hydrogen) atoms. The van der Waals surface area contributed by atoms with E-state index in [-0.39, 0.29) is 17.2 Å². The lowest BCUT2D eigenvalue weighted by atomic mass is 9.98. The first-order valence-electron chi connectivity index (χ1n) is 9.86. The Morgan fingerprint density at radius 2 is 1.27 bits per heavy atom. The van der Waals surface area contributed by atoms with E-state index in [2.05, 4.69) is 0 Å². The molecule has 0 saturated carbocycles. The van der Waals surface area contributed by atoms with Crippen molar-refractivity contribution in [3.63, 3.8) is 0 Å². The van der Waals surface area contributed by atoms with Crippen LogP contribution in [0.3, 0.4) is 0 Å². The van der Waals surface area contributed by atoms with Crippen molar-refractivity contribution in [1.29, 1.82) is 0 Å². The summed E-state index contributed by atoms with van der Waals surface area (Å²) in [5.74, 6) is -1.04. The monoisotopic (exact) mass is 416 g/mol. The van der Waals surface area contributed by atoms with Gasteiger partial charge in [-0.3, -0.25) is 9.59 Å². The maximum atomic E-state index is 11.6. The van der Waals surface area contributed by atoms with Gasteiger partial charge in [0.15, 0.2) is 11.5 Å². The van der Waals surface area contributed by atoms with Crippen LogP contribution in [-0.2, 0) is 31.9 Å². The van der Waals surface area contributed by atoms with Gasteiger partial charge in [-0.25, -0.2) is 0 Å². The Kier molecular flexibility index (Phi) is 8.53. The highest BCUT2D eigenvalue weighted by Crippen LogP contribution is 2.26. The number of esters is 2. The minimum Gasteiger partial charge on any atom is -0.508 e. The van der Waals surface area contributed by atoms with Crippen LogP contribution in [0.4, 0.5) is 0 Å². The molecule has 0 amide bonds. The molecule has 2 atom stereocenters. The summed E-state index contributed by atoms with van der Waals surface area (Å²) in [5.41, 5.74) is 1.78. The van der Waals surface area contributed by atoms with Crippen molar-refractivity contribution in [1.82, 2.24) is 0 Å². The highest BCUT2D eigenvalue weighted by molar-refractivity contribution is 5.66. The van der Waals surface area contributed by atoms with E-state index in [1.807, 2.05) is 0 Å². The Bertz CT molecular complexity index is 845. The molecule has 0 unspecified atom stereocenters. The Morgan fingerprint density at radius 3 is 1.77 bits per heavy atom. The van der Waals surface area contributed by atoms with Gasteiger partial charge in [-0.05, 0) is 61.1 Å². The van der Waals surface area contributed by atoms with Crippen LogP contribution in [0.2, 0.25) is 0 Å². The second-order valence-corrected chi connectivity index (χ2v) is 7.27. The molecule has 7 heteroatoms. The summed E-state index contributed by atoms with van der Waals surface area (Å²) in [6, 6.07) is 11.4. The Labute approximate surface area is 175 Å². The highest BCUT2D eigenvalue weighted by Gasteiger charge is 2.22. The molecule has 0 fully saturated rings. The van der Waals surface area contributed by atoms with Gasteiger partial charge in [0, 0.05) is 20.3 Å². The summed E-state index contributed by atoms with van der Waals surface area (Å²) in [7, 11) is 0. The summed E-state index contributed by atoms with van der Waals surface area (Å²) < 4.78 is 10.9. The van der Waals surface area contributed by atoms with Crippen molar-refractivity contribution in [2.75, 3.05) is 0 Å². The zero-order valence-corrected chi connectivity index (χ0v) is 17.2. The van der Waals surface area contributed by atoms with Gasteiger partial charge < -0.3 is 24.8 Å². The number of hydrogen-bond acceptors (Lipinski definition) is 7. The van der Waals surface area contributed by atoms with Gasteiger partial charge in [0.05, 0.1) is 0 Å². The molecule has 7 nitrogen and oxygen atoms in total. The average Bonchev–Trinajstić information content (AvgIpc) is 2.67. The van der Waals surface area contributed by atoms with Crippen LogP contribution < -0.4 is 0 Å². The fraction of sp³-hybridized carbons (Fsp3) is 0.391. The van der Waals surface area contributed by atoms with Crippen LogP contribution >= 0.6 is 0 Å². The van der Waals surface area contributed by atoms with Gasteiger partial charge in [0.1, 0.15) is 18.0 Å². The Balaban J connectivity index is 2.01. The number of rotatable bonds is 10. The molecular weight excluding hydrogens is 388 g/mol. The third-order valence-corrected chi connectivity index (χ3v) is 4.68. The minimum atomic E-state index is -0.470. The largest absolute Gasteiger partial charge is 0.508 e. The smallest absolute Gasteiger partial charge is 0.302 e. The number of phenolic OH excluding ortho intramolecular Hbond substituents is 3. The van der Waals surface area contributed by atoms with E-state index in [0.717, 1.165) is 11.1 Å². The van der Waals surface area contributed by atoms with Gasteiger partial charge in [-0.2, -0.15) is 0 Å². The van der Waals surface area contributed by atoms with E-state index >= 15 is 0 Å². The molecule has 0 saturated heterocycles. The zero-order valence-electron chi connectivity index (χ0n) is 17.2. The van der Waals surface area contributed by atoms with E-state index < -0.39 is 24.1 Å². The van der Waals surface area contributed by atoms with Crippen LogP contribution in [0.1, 0.15) is 44.2 Å². The first kappa shape index (κ1) is 23.1.